The van der Waals surface area contributed by atoms with Crippen LogP contribution in [0.2, 0.25) is 0 Å². The Morgan fingerprint density at radius 1 is 1.29 bits per heavy atom. The maximum absolute atomic E-state index is 10.9. The summed E-state index contributed by atoms with van der Waals surface area (Å²) in [5.41, 5.74) is 0. The molecule has 0 bridgehead atoms. The van der Waals surface area contributed by atoms with Crippen LogP contribution in [0.1, 0.15) is 19.8 Å². The summed E-state index contributed by atoms with van der Waals surface area (Å²) in [7, 11) is 0. The van der Waals surface area contributed by atoms with Gasteiger partial charge in [-0.3, -0.25) is 0 Å². The molecule has 0 heterocycles. The normalized spacial score (nSPS) is 10.4. The van der Waals surface area contributed by atoms with Crippen LogP contribution in [0.3, 0.4) is 0 Å². The van der Waals surface area contributed by atoms with Crippen molar-refractivity contribution in [3.05, 3.63) is 27.8 Å². The molecule has 4 heteroatoms. The molecule has 0 saturated heterocycles. The number of unbranched alkanes of at least 4 members (excludes halogenated alkanes) is 1. The molecule has 0 aliphatic rings. The number of ether oxygens (including phenoxy) is 1. The fourth-order valence-electron chi connectivity index (χ4n) is 1.02. The Labute approximate surface area is 90.6 Å². The van der Waals surface area contributed by atoms with E-state index in [1.165, 1.54) is 0 Å². The van der Waals surface area contributed by atoms with Crippen LogP contribution in [0.5, 0.6) is 5.75 Å². The molecule has 0 fully saturated rings. The van der Waals surface area contributed by atoms with Crippen LogP contribution in [0.25, 0.3) is 0 Å². The topological polar surface area (TPSA) is 43.4 Å². The van der Waals surface area contributed by atoms with Crippen molar-refractivity contribution in [1.82, 2.24) is 0 Å². The van der Waals surface area contributed by atoms with Gasteiger partial charge < -0.3 is 4.74 Å². The van der Waals surface area contributed by atoms with Gasteiger partial charge in [-0.05, 0) is 18.6 Å². The van der Waals surface area contributed by atoms with E-state index in [2.05, 4.69) is 6.92 Å². The highest BCUT2D eigenvalue weighted by Gasteiger charge is 2.06. The molecule has 14 heavy (non-hydrogen) atoms. The Morgan fingerprint density at radius 2 is 2.00 bits per heavy atom. The third-order valence-electron chi connectivity index (χ3n) is 1.76. The fraction of sp³-hybridized carbons (Fsp3) is 0.400. The summed E-state index contributed by atoms with van der Waals surface area (Å²) in [6, 6.07) is 6.78. The number of hydrogen-bond donors (Lipinski definition) is 0. The molecule has 0 amide bonds. The lowest BCUT2D eigenvalue weighted by atomic mass is 10.3. The zero-order valence-electron chi connectivity index (χ0n) is 8.03. The molecule has 78 valence electrons. The van der Waals surface area contributed by atoms with Crippen LogP contribution in [-0.4, -0.2) is 6.61 Å². The summed E-state index contributed by atoms with van der Waals surface area (Å²) < 4.78 is 27.5. The summed E-state index contributed by atoms with van der Waals surface area (Å²) in [5, 5.41) is 0. The molecule has 0 aliphatic heterocycles. The molecule has 0 aliphatic carbocycles. The second-order valence-electron chi connectivity index (χ2n) is 2.85. The third kappa shape index (κ3) is 3.25. The van der Waals surface area contributed by atoms with Gasteiger partial charge in [0.1, 0.15) is 9.32 Å². The average molecular weight is 308 g/mol. The highest BCUT2D eigenvalue weighted by Crippen LogP contribution is 2.27. The molecule has 0 atom stereocenters. The molecule has 1 aromatic carbocycles. The maximum atomic E-state index is 10.9. The van der Waals surface area contributed by atoms with E-state index < -0.39 is 19.8 Å². The lowest BCUT2D eigenvalue weighted by Gasteiger charge is -2.05. The Kier molecular flexibility index (Phi) is 4.86. The van der Waals surface area contributed by atoms with Crippen LogP contribution < -0.4 is 4.74 Å². The molecule has 0 spiro atoms. The monoisotopic (exact) mass is 308 g/mol. The van der Waals surface area contributed by atoms with E-state index in [0.29, 0.717) is 15.9 Å². The number of hydrogen-bond acceptors (Lipinski definition) is 3. The first-order valence-electron chi connectivity index (χ1n) is 4.52. The summed E-state index contributed by atoms with van der Waals surface area (Å²) in [5.74, 6) is 0.496. The van der Waals surface area contributed by atoms with Crippen LogP contribution in [0.4, 0.5) is 0 Å². The molecule has 1 rings (SSSR count). The molecule has 3 nitrogen and oxygen atoms in total. The Hall–Kier alpha value is -0.650. The largest absolute Gasteiger partial charge is 0.492 e. The summed E-state index contributed by atoms with van der Waals surface area (Å²) in [6.07, 6.45) is 1.99. The van der Waals surface area contributed by atoms with Gasteiger partial charge in [0.2, 0.25) is 0 Å². The van der Waals surface area contributed by atoms with Gasteiger partial charge in [0.05, 0.1) is 6.61 Å². The van der Waals surface area contributed by atoms with E-state index in [0.717, 1.165) is 12.8 Å². The van der Waals surface area contributed by atoms with Gasteiger partial charge in [0, 0.05) is 0 Å². The SMILES string of the molecule is CCCCOc1ccccc1I(=O)=O. The van der Waals surface area contributed by atoms with Crippen LogP contribution in [-0.2, 0) is 6.14 Å². The Morgan fingerprint density at radius 3 is 2.64 bits per heavy atom. The smallest absolute Gasteiger partial charge is 0.344 e. The van der Waals surface area contributed by atoms with E-state index in [1.807, 2.05) is 0 Å². The van der Waals surface area contributed by atoms with Crippen molar-refractivity contribution in [3.8, 4) is 5.75 Å². The van der Waals surface area contributed by atoms with Crippen LogP contribution in [0.15, 0.2) is 24.3 Å². The number of rotatable bonds is 5. The minimum absolute atomic E-state index is 0.354. The maximum Gasteiger partial charge on any atom is 0.344 e. The number of benzene rings is 1. The molecule has 1 aromatic rings. The molecule has 0 unspecified atom stereocenters. The second kappa shape index (κ2) is 5.95. The number of halogens is 1. The van der Waals surface area contributed by atoms with E-state index in [-0.39, 0.29) is 0 Å². The first-order chi connectivity index (χ1) is 6.75. The van der Waals surface area contributed by atoms with E-state index in [4.69, 9.17) is 4.74 Å². The van der Waals surface area contributed by atoms with Gasteiger partial charge in [-0.2, -0.15) is 0 Å². The van der Waals surface area contributed by atoms with Gasteiger partial charge in [-0.15, -0.1) is 0 Å². The molecular formula is C10H13IO3. The molecule has 0 N–H and O–H groups in total. The Balaban J connectivity index is 2.74. The predicted octanol–water partition coefficient (Wildman–Crippen LogP) is 3.23. The first-order valence-corrected chi connectivity index (χ1v) is 7.37. The van der Waals surface area contributed by atoms with E-state index >= 15 is 0 Å². The number of para-hydroxylation sites is 1. The Bertz CT molecular complexity index is 350. The van der Waals surface area contributed by atoms with Crippen LogP contribution in [0, 0.1) is 3.57 Å². The van der Waals surface area contributed by atoms with Crippen molar-refractivity contribution < 1.29 is 10.9 Å². The molecule has 0 radical (unpaired) electrons. The van der Waals surface area contributed by atoms with Crippen LogP contribution >= 0.6 is 19.8 Å². The van der Waals surface area contributed by atoms with Gasteiger partial charge in [0.15, 0.2) is 0 Å². The van der Waals surface area contributed by atoms with Crippen molar-refractivity contribution in [2.24, 2.45) is 0 Å². The average Bonchev–Trinajstić information content (AvgIpc) is 2.19. The van der Waals surface area contributed by atoms with Crippen molar-refractivity contribution in [1.29, 1.82) is 0 Å². The predicted molar refractivity (Wildman–Crippen MR) is 60.9 cm³/mol. The van der Waals surface area contributed by atoms with Gasteiger partial charge in [-0.25, -0.2) is 6.14 Å². The summed E-state index contributed by atoms with van der Waals surface area (Å²) >= 11 is -3.41. The van der Waals surface area contributed by atoms with Crippen molar-refractivity contribution in [3.63, 3.8) is 0 Å². The minimum Gasteiger partial charge on any atom is -0.492 e. The van der Waals surface area contributed by atoms with Gasteiger partial charge >= 0.3 is 19.8 Å². The quantitative estimate of drug-likeness (QED) is 0.619. The zero-order chi connectivity index (χ0) is 10.4. The first kappa shape index (κ1) is 11.4. The fourth-order valence-corrected chi connectivity index (χ4v) is 2.29. The molecule has 0 aromatic heterocycles. The van der Waals surface area contributed by atoms with E-state index in [9.17, 15) is 6.14 Å². The van der Waals surface area contributed by atoms with Gasteiger partial charge in [-0.1, -0.05) is 25.5 Å². The zero-order valence-corrected chi connectivity index (χ0v) is 10.2. The standard InChI is InChI=1S/C10H13IO3/c1-2-3-8-14-10-7-5-4-6-9(10)11(12)13/h4-7H,2-3,8H2,1H3. The lowest BCUT2D eigenvalue weighted by molar-refractivity contribution is 0.307. The second-order valence-corrected chi connectivity index (χ2v) is 5.25. The van der Waals surface area contributed by atoms with Crippen molar-refractivity contribution in [2.45, 2.75) is 19.8 Å². The third-order valence-corrected chi connectivity index (χ3v) is 3.60. The summed E-state index contributed by atoms with van der Waals surface area (Å²) in [6.45, 7) is 2.65. The highest BCUT2D eigenvalue weighted by atomic mass is 127. The highest BCUT2D eigenvalue weighted by molar-refractivity contribution is 14.2. The lowest BCUT2D eigenvalue weighted by Crippen LogP contribution is -1.97. The van der Waals surface area contributed by atoms with E-state index in [1.54, 1.807) is 24.3 Å². The minimum atomic E-state index is -3.41. The van der Waals surface area contributed by atoms with Gasteiger partial charge in [0.25, 0.3) is 0 Å². The van der Waals surface area contributed by atoms with Crippen molar-refractivity contribution in [2.75, 3.05) is 6.61 Å². The summed E-state index contributed by atoms with van der Waals surface area (Å²) in [4.78, 5) is 0. The van der Waals surface area contributed by atoms with Crippen molar-refractivity contribution >= 4 is 19.8 Å². The molecular weight excluding hydrogens is 295 g/mol. The molecule has 0 saturated carbocycles.